The number of nitrogens with one attached hydrogen (secondary N) is 2. The summed E-state index contributed by atoms with van der Waals surface area (Å²) in [6, 6.07) is 11.9. The highest BCUT2D eigenvalue weighted by Gasteiger charge is 2.28. The quantitative estimate of drug-likeness (QED) is 0.462. The van der Waals surface area contributed by atoms with Gasteiger partial charge in [0, 0.05) is 36.6 Å². The molecule has 1 saturated heterocycles. The fourth-order valence-corrected chi connectivity index (χ4v) is 5.59. The third-order valence-corrected chi connectivity index (χ3v) is 7.62. The van der Waals surface area contributed by atoms with Gasteiger partial charge in [0.25, 0.3) is 0 Å². The fourth-order valence-electron chi connectivity index (χ4n) is 5.59. The summed E-state index contributed by atoms with van der Waals surface area (Å²) in [4.78, 5) is 13.6. The second-order valence-electron chi connectivity index (χ2n) is 9.75. The number of halogens is 1. The zero-order valence-corrected chi connectivity index (χ0v) is 19.9. The summed E-state index contributed by atoms with van der Waals surface area (Å²) in [6.07, 6.45) is 4.33. The lowest BCUT2D eigenvalue weighted by molar-refractivity contribution is 0.108. The van der Waals surface area contributed by atoms with Crippen LogP contribution >= 0.6 is 0 Å². The summed E-state index contributed by atoms with van der Waals surface area (Å²) in [5, 5.41) is 8.81. The summed E-state index contributed by atoms with van der Waals surface area (Å²) >= 11 is 0. The number of aromatic nitrogens is 4. The number of likely N-dealkylation sites (tertiary alicyclic amines) is 1. The van der Waals surface area contributed by atoms with Crippen molar-refractivity contribution in [3.05, 3.63) is 59.2 Å². The normalized spacial score (nSPS) is 18.0. The van der Waals surface area contributed by atoms with E-state index in [-0.39, 0.29) is 5.82 Å². The molecule has 2 aromatic carbocycles. The Bertz CT molecular complexity index is 1330. The molecule has 0 radical (unpaired) electrons. The van der Waals surface area contributed by atoms with Gasteiger partial charge in [-0.2, -0.15) is 5.10 Å². The van der Waals surface area contributed by atoms with Crippen LogP contribution in [-0.2, 0) is 19.4 Å². The Morgan fingerprint density at radius 1 is 1.09 bits per heavy atom. The van der Waals surface area contributed by atoms with Crippen LogP contribution in [0.15, 0.2) is 36.4 Å². The molecule has 7 heteroatoms. The van der Waals surface area contributed by atoms with Crippen molar-refractivity contribution in [1.29, 1.82) is 0 Å². The van der Waals surface area contributed by atoms with Crippen LogP contribution in [0.4, 0.5) is 4.39 Å². The number of benzene rings is 2. The van der Waals surface area contributed by atoms with Gasteiger partial charge in [0.05, 0.1) is 11.2 Å². The SMILES string of the molecule is CCc1ccc(F)cc1-c1ccc2c(-c3nc4c([nH]3)CCN(C3CCN(C)CC3)C4)n[nH]c2c1. The van der Waals surface area contributed by atoms with Gasteiger partial charge in [-0.25, -0.2) is 9.37 Å². The Hall–Kier alpha value is -3.03. The van der Waals surface area contributed by atoms with Crippen LogP contribution in [0.1, 0.15) is 36.7 Å². The van der Waals surface area contributed by atoms with E-state index in [1.54, 1.807) is 6.07 Å². The Kier molecular flexibility index (Phi) is 5.46. The smallest absolute Gasteiger partial charge is 0.159 e. The van der Waals surface area contributed by atoms with E-state index in [0.717, 1.165) is 70.7 Å². The van der Waals surface area contributed by atoms with Crippen molar-refractivity contribution < 1.29 is 4.39 Å². The monoisotopic (exact) mass is 458 g/mol. The highest BCUT2D eigenvalue weighted by molar-refractivity contribution is 5.94. The van der Waals surface area contributed by atoms with Gasteiger partial charge < -0.3 is 9.88 Å². The molecule has 4 heterocycles. The average Bonchev–Trinajstić information content (AvgIpc) is 3.47. The first-order valence-corrected chi connectivity index (χ1v) is 12.4. The molecule has 0 saturated carbocycles. The zero-order valence-electron chi connectivity index (χ0n) is 19.9. The first kappa shape index (κ1) is 21.5. The minimum Gasteiger partial charge on any atom is -0.340 e. The predicted molar refractivity (Wildman–Crippen MR) is 133 cm³/mol. The molecule has 2 aromatic heterocycles. The van der Waals surface area contributed by atoms with Crippen molar-refractivity contribution in [1.82, 2.24) is 30.0 Å². The molecule has 6 nitrogen and oxygen atoms in total. The minimum atomic E-state index is -0.215. The largest absolute Gasteiger partial charge is 0.340 e. The van der Waals surface area contributed by atoms with E-state index < -0.39 is 0 Å². The van der Waals surface area contributed by atoms with E-state index in [0.29, 0.717) is 6.04 Å². The number of aromatic amines is 2. The molecule has 2 N–H and O–H groups in total. The van der Waals surface area contributed by atoms with E-state index in [1.165, 1.54) is 37.7 Å². The van der Waals surface area contributed by atoms with E-state index in [2.05, 4.69) is 57.2 Å². The van der Waals surface area contributed by atoms with Gasteiger partial charge in [0.15, 0.2) is 5.82 Å². The van der Waals surface area contributed by atoms with Crippen LogP contribution in [-0.4, -0.2) is 62.7 Å². The molecule has 0 unspecified atom stereocenters. The van der Waals surface area contributed by atoms with E-state index in [4.69, 9.17) is 4.98 Å². The molecule has 176 valence electrons. The van der Waals surface area contributed by atoms with Crippen LogP contribution < -0.4 is 0 Å². The number of rotatable bonds is 4. The van der Waals surface area contributed by atoms with Crippen molar-refractivity contribution in [2.75, 3.05) is 26.7 Å². The van der Waals surface area contributed by atoms with E-state index in [9.17, 15) is 4.39 Å². The van der Waals surface area contributed by atoms with E-state index >= 15 is 0 Å². The number of H-pyrrole nitrogens is 2. The zero-order chi connectivity index (χ0) is 23.2. The summed E-state index contributed by atoms with van der Waals surface area (Å²) in [5.41, 5.74) is 7.22. The number of imidazole rings is 1. The Balaban J connectivity index is 1.28. The summed E-state index contributed by atoms with van der Waals surface area (Å²) in [6.45, 7) is 6.44. The molecule has 4 aromatic rings. The molecular weight excluding hydrogens is 427 g/mol. The molecule has 0 aliphatic carbocycles. The van der Waals surface area contributed by atoms with Crippen molar-refractivity contribution in [3.63, 3.8) is 0 Å². The molecule has 2 aliphatic heterocycles. The number of aryl methyl sites for hydroxylation is 1. The van der Waals surface area contributed by atoms with Gasteiger partial charge in [0.1, 0.15) is 11.5 Å². The van der Waals surface area contributed by atoms with E-state index in [1.807, 2.05) is 6.07 Å². The summed E-state index contributed by atoms with van der Waals surface area (Å²) in [5.74, 6) is 0.613. The Morgan fingerprint density at radius 3 is 2.76 bits per heavy atom. The third kappa shape index (κ3) is 3.83. The van der Waals surface area contributed by atoms with Gasteiger partial charge in [-0.3, -0.25) is 10.00 Å². The lowest BCUT2D eigenvalue weighted by atomic mass is 9.97. The molecule has 34 heavy (non-hydrogen) atoms. The number of hydrogen-bond donors (Lipinski definition) is 2. The van der Waals surface area contributed by atoms with Gasteiger partial charge in [-0.1, -0.05) is 19.1 Å². The lowest BCUT2D eigenvalue weighted by Crippen LogP contribution is -2.45. The number of piperidine rings is 1. The van der Waals surface area contributed by atoms with Gasteiger partial charge in [0.2, 0.25) is 0 Å². The molecule has 6 rings (SSSR count). The topological polar surface area (TPSA) is 63.8 Å². The van der Waals surface area contributed by atoms with Crippen molar-refractivity contribution in [3.8, 4) is 22.6 Å². The van der Waals surface area contributed by atoms with Crippen LogP contribution in [0.2, 0.25) is 0 Å². The van der Waals surface area contributed by atoms with Gasteiger partial charge in [-0.05, 0) is 80.4 Å². The maximum atomic E-state index is 13.9. The molecule has 0 spiro atoms. The lowest BCUT2D eigenvalue weighted by Gasteiger charge is -2.38. The number of hydrogen-bond acceptors (Lipinski definition) is 4. The standard InChI is InChI=1S/C27H31FN6/c1-3-17-4-6-19(28)15-22(17)18-5-7-21-24(14-18)31-32-26(21)27-29-23-10-13-34(16-25(23)30-27)20-8-11-33(2)12-9-20/h4-7,14-15,20H,3,8-13,16H2,1-2H3,(H,29,30)(H,31,32). The average molecular weight is 459 g/mol. The minimum absolute atomic E-state index is 0.215. The maximum Gasteiger partial charge on any atom is 0.159 e. The fraction of sp³-hybridized carbons (Fsp3) is 0.407. The molecule has 0 atom stereocenters. The second-order valence-corrected chi connectivity index (χ2v) is 9.75. The molecule has 0 amide bonds. The first-order chi connectivity index (χ1) is 16.6. The predicted octanol–water partition coefficient (Wildman–Crippen LogP) is 4.77. The Morgan fingerprint density at radius 2 is 1.94 bits per heavy atom. The summed E-state index contributed by atoms with van der Waals surface area (Å²) < 4.78 is 13.9. The first-order valence-electron chi connectivity index (χ1n) is 12.4. The Labute approximate surface area is 199 Å². The number of nitrogens with zero attached hydrogens (tertiary/aromatic N) is 4. The number of fused-ring (bicyclic) bond motifs is 2. The molecule has 2 aliphatic rings. The third-order valence-electron chi connectivity index (χ3n) is 7.62. The molecule has 1 fully saturated rings. The van der Waals surface area contributed by atoms with Gasteiger partial charge >= 0.3 is 0 Å². The maximum absolute atomic E-state index is 13.9. The van der Waals surface area contributed by atoms with Crippen molar-refractivity contribution in [2.24, 2.45) is 0 Å². The molecular formula is C27H31FN6. The summed E-state index contributed by atoms with van der Waals surface area (Å²) in [7, 11) is 2.21. The highest BCUT2D eigenvalue weighted by atomic mass is 19.1. The van der Waals surface area contributed by atoms with Crippen LogP contribution in [0.25, 0.3) is 33.5 Å². The van der Waals surface area contributed by atoms with Crippen LogP contribution in [0.5, 0.6) is 0 Å². The second kappa shape index (κ2) is 8.64. The van der Waals surface area contributed by atoms with Crippen molar-refractivity contribution >= 4 is 10.9 Å². The van der Waals surface area contributed by atoms with Crippen LogP contribution in [0, 0.1) is 5.82 Å². The molecule has 0 bridgehead atoms. The highest BCUT2D eigenvalue weighted by Crippen LogP contribution is 2.32. The van der Waals surface area contributed by atoms with Crippen LogP contribution in [0.3, 0.4) is 0 Å². The van der Waals surface area contributed by atoms with Gasteiger partial charge in [-0.15, -0.1) is 0 Å². The van der Waals surface area contributed by atoms with Crippen molar-refractivity contribution in [2.45, 2.75) is 45.2 Å².